The lowest BCUT2D eigenvalue weighted by Crippen LogP contribution is -2.46. The monoisotopic (exact) mass is 418 g/mol. The van der Waals surface area contributed by atoms with Gasteiger partial charge in [-0.15, -0.1) is 0 Å². The minimum atomic E-state index is -3.58. The standard InChI is InChI=1S/C22H30N2O4S/c1-16(2)22(24-15-19(25)14-23-13-17-6-4-3-5-7-17)29(26,27)20-8-9-21-18(12-20)10-11-28-21/h3-9,12,16,19,22-25H,10-11,13-15H2,1-2H3/t19-,22+/m1/s1. The maximum Gasteiger partial charge on any atom is 0.194 e. The van der Waals surface area contributed by atoms with Gasteiger partial charge in [-0.2, -0.15) is 0 Å². The molecule has 2 aromatic carbocycles. The first kappa shape index (κ1) is 21.8. The van der Waals surface area contributed by atoms with Gasteiger partial charge in [-0.1, -0.05) is 44.2 Å². The van der Waals surface area contributed by atoms with Gasteiger partial charge >= 0.3 is 0 Å². The molecule has 2 atom stereocenters. The molecule has 29 heavy (non-hydrogen) atoms. The molecule has 1 aliphatic rings. The lowest BCUT2D eigenvalue weighted by molar-refractivity contribution is 0.165. The second-order valence-electron chi connectivity index (χ2n) is 7.76. The first-order valence-corrected chi connectivity index (χ1v) is 11.6. The zero-order chi connectivity index (χ0) is 20.9. The summed E-state index contributed by atoms with van der Waals surface area (Å²) in [4.78, 5) is 0.296. The van der Waals surface area contributed by atoms with Crippen LogP contribution in [0.1, 0.15) is 25.0 Å². The van der Waals surface area contributed by atoms with E-state index in [2.05, 4.69) is 10.6 Å². The van der Waals surface area contributed by atoms with Gasteiger partial charge in [-0.3, -0.25) is 5.32 Å². The first-order chi connectivity index (χ1) is 13.9. The molecule has 0 saturated carbocycles. The molecule has 3 rings (SSSR count). The van der Waals surface area contributed by atoms with Crippen LogP contribution in [0.25, 0.3) is 0 Å². The lowest BCUT2D eigenvalue weighted by atomic mass is 10.2. The van der Waals surface area contributed by atoms with Crippen molar-refractivity contribution in [2.24, 2.45) is 5.92 Å². The summed E-state index contributed by atoms with van der Waals surface area (Å²) in [6, 6.07) is 15.0. The van der Waals surface area contributed by atoms with Crippen LogP contribution >= 0.6 is 0 Å². The molecule has 7 heteroatoms. The number of ether oxygens (including phenoxy) is 1. The second-order valence-corrected chi connectivity index (χ2v) is 9.83. The molecule has 0 amide bonds. The van der Waals surface area contributed by atoms with Crippen LogP contribution in [0, 0.1) is 5.92 Å². The molecule has 0 bridgehead atoms. The van der Waals surface area contributed by atoms with Gasteiger partial charge in [0, 0.05) is 26.1 Å². The molecule has 2 aromatic rings. The molecule has 0 saturated heterocycles. The number of sulfone groups is 1. The van der Waals surface area contributed by atoms with E-state index in [1.165, 1.54) is 0 Å². The molecule has 0 aromatic heterocycles. The van der Waals surface area contributed by atoms with Gasteiger partial charge in [-0.05, 0) is 35.2 Å². The Morgan fingerprint density at radius 3 is 2.59 bits per heavy atom. The highest BCUT2D eigenvalue weighted by Gasteiger charge is 2.31. The van der Waals surface area contributed by atoms with Crippen molar-refractivity contribution < 1.29 is 18.3 Å². The molecule has 0 fully saturated rings. The molecular formula is C22H30N2O4S. The smallest absolute Gasteiger partial charge is 0.194 e. The highest BCUT2D eigenvalue weighted by molar-refractivity contribution is 7.92. The molecule has 0 unspecified atom stereocenters. The molecular weight excluding hydrogens is 388 g/mol. The summed E-state index contributed by atoms with van der Waals surface area (Å²) >= 11 is 0. The van der Waals surface area contributed by atoms with Crippen LogP contribution < -0.4 is 15.4 Å². The van der Waals surface area contributed by atoms with Crippen LogP contribution in [0.4, 0.5) is 0 Å². The third-order valence-corrected chi connectivity index (χ3v) is 7.33. The minimum Gasteiger partial charge on any atom is -0.493 e. The zero-order valence-electron chi connectivity index (χ0n) is 17.0. The van der Waals surface area contributed by atoms with Gasteiger partial charge in [0.25, 0.3) is 0 Å². The predicted molar refractivity (Wildman–Crippen MR) is 114 cm³/mol. The second kappa shape index (κ2) is 9.71. The van der Waals surface area contributed by atoms with Gasteiger partial charge in [-0.25, -0.2) is 8.42 Å². The fourth-order valence-electron chi connectivity index (χ4n) is 3.49. The minimum absolute atomic E-state index is 0.144. The van der Waals surface area contributed by atoms with Crippen molar-refractivity contribution in [1.82, 2.24) is 10.6 Å². The number of fused-ring (bicyclic) bond motifs is 1. The van der Waals surface area contributed by atoms with Crippen LogP contribution in [-0.4, -0.2) is 44.7 Å². The van der Waals surface area contributed by atoms with Crippen LogP contribution in [0.2, 0.25) is 0 Å². The fourth-order valence-corrected chi connectivity index (χ4v) is 5.38. The van der Waals surface area contributed by atoms with Gasteiger partial charge in [0.15, 0.2) is 9.84 Å². The van der Waals surface area contributed by atoms with Crippen molar-refractivity contribution in [1.29, 1.82) is 0 Å². The molecule has 0 aliphatic carbocycles. The maximum absolute atomic E-state index is 13.2. The highest BCUT2D eigenvalue weighted by atomic mass is 32.2. The molecule has 1 aliphatic heterocycles. The molecule has 158 valence electrons. The van der Waals surface area contributed by atoms with Crippen molar-refractivity contribution in [2.45, 2.75) is 43.2 Å². The maximum atomic E-state index is 13.2. The van der Waals surface area contributed by atoms with E-state index in [0.29, 0.717) is 24.6 Å². The van der Waals surface area contributed by atoms with E-state index in [0.717, 1.165) is 23.3 Å². The number of benzene rings is 2. The summed E-state index contributed by atoms with van der Waals surface area (Å²) in [5.41, 5.74) is 2.06. The van der Waals surface area contributed by atoms with Gasteiger partial charge in [0.05, 0.1) is 17.6 Å². The molecule has 3 N–H and O–H groups in total. The largest absolute Gasteiger partial charge is 0.493 e. The van der Waals surface area contributed by atoms with E-state index in [9.17, 15) is 13.5 Å². The number of hydrogen-bond acceptors (Lipinski definition) is 6. The Morgan fingerprint density at radius 1 is 1.10 bits per heavy atom. The summed E-state index contributed by atoms with van der Waals surface area (Å²) in [5, 5.41) is 15.8. The van der Waals surface area contributed by atoms with E-state index in [4.69, 9.17) is 4.74 Å². The van der Waals surface area contributed by atoms with Crippen molar-refractivity contribution in [3.63, 3.8) is 0 Å². The molecule has 0 spiro atoms. The predicted octanol–water partition coefficient (Wildman–Crippen LogP) is 2.12. The summed E-state index contributed by atoms with van der Waals surface area (Å²) in [7, 11) is -3.58. The van der Waals surface area contributed by atoms with E-state index in [1.54, 1.807) is 18.2 Å². The highest BCUT2D eigenvalue weighted by Crippen LogP contribution is 2.29. The zero-order valence-corrected chi connectivity index (χ0v) is 17.8. The van der Waals surface area contributed by atoms with E-state index < -0.39 is 21.3 Å². The van der Waals surface area contributed by atoms with Crippen molar-refractivity contribution in [2.75, 3.05) is 19.7 Å². The summed E-state index contributed by atoms with van der Waals surface area (Å²) < 4.78 is 31.8. The molecule has 6 nitrogen and oxygen atoms in total. The Morgan fingerprint density at radius 2 is 1.86 bits per heavy atom. The third-order valence-electron chi connectivity index (χ3n) is 5.04. The summed E-state index contributed by atoms with van der Waals surface area (Å²) in [6.07, 6.45) is 0.0353. The van der Waals surface area contributed by atoms with Crippen LogP contribution in [0.3, 0.4) is 0 Å². The van der Waals surface area contributed by atoms with Gasteiger partial charge in [0.2, 0.25) is 0 Å². The third kappa shape index (κ3) is 5.57. The van der Waals surface area contributed by atoms with Crippen LogP contribution in [0.15, 0.2) is 53.4 Å². The van der Waals surface area contributed by atoms with E-state index in [1.807, 2.05) is 44.2 Å². The summed E-state index contributed by atoms with van der Waals surface area (Å²) in [5.74, 6) is 0.618. The lowest BCUT2D eigenvalue weighted by Gasteiger charge is -2.24. The van der Waals surface area contributed by atoms with E-state index >= 15 is 0 Å². The molecule has 1 heterocycles. The number of hydrogen-bond donors (Lipinski definition) is 3. The number of rotatable bonds is 10. The van der Waals surface area contributed by atoms with Crippen molar-refractivity contribution >= 4 is 9.84 Å². The first-order valence-electron chi connectivity index (χ1n) is 10.0. The summed E-state index contributed by atoms with van der Waals surface area (Å²) in [6.45, 7) is 5.55. The average molecular weight is 419 g/mol. The Balaban J connectivity index is 1.57. The SMILES string of the molecule is CC(C)[C@@H](NC[C@H](O)CNCc1ccccc1)S(=O)(=O)c1ccc2c(c1)CCO2. The number of aliphatic hydroxyl groups excluding tert-OH is 1. The van der Waals surface area contributed by atoms with Gasteiger partial charge < -0.3 is 15.2 Å². The number of nitrogens with one attached hydrogen (secondary N) is 2. The topological polar surface area (TPSA) is 87.7 Å². The van der Waals surface area contributed by atoms with E-state index in [-0.39, 0.29) is 12.5 Å². The van der Waals surface area contributed by atoms with Gasteiger partial charge in [0.1, 0.15) is 11.1 Å². The molecule has 0 radical (unpaired) electrons. The Kier molecular flexibility index (Phi) is 7.29. The Hall–Kier alpha value is -1.93. The van der Waals surface area contributed by atoms with Crippen molar-refractivity contribution in [3.05, 3.63) is 59.7 Å². The normalized spacial score (nSPS) is 15.7. The average Bonchev–Trinajstić information content (AvgIpc) is 3.16. The Labute approximate surface area is 173 Å². The van der Waals surface area contributed by atoms with Crippen molar-refractivity contribution in [3.8, 4) is 5.75 Å². The quantitative estimate of drug-likeness (QED) is 0.548. The number of aliphatic hydroxyl groups is 1. The Bertz CT molecular complexity index is 900. The van der Waals surface area contributed by atoms with Crippen LogP contribution in [0.5, 0.6) is 5.75 Å². The van der Waals surface area contributed by atoms with Crippen LogP contribution in [-0.2, 0) is 22.8 Å². The fraction of sp³-hybridized carbons (Fsp3) is 0.455.